The van der Waals surface area contributed by atoms with Crippen molar-refractivity contribution in [3.8, 4) is 23.0 Å². The van der Waals surface area contributed by atoms with Crippen LogP contribution in [0, 0.1) is 0 Å². The van der Waals surface area contributed by atoms with E-state index in [1.54, 1.807) is 67.8 Å². The molecule has 0 saturated heterocycles. The predicted octanol–water partition coefficient (Wildman–Crippen LogP) is 4.81. The highest BCUT2D eigenvalue weighted by Gasteiger charge is 2.17. The van der Waals surface area contributed by atoms with Crippen molar-refractivity contribution < 1.29 is 32.5 Å². The third-order valence-corrected chi connectivity index (χ3v) is 6.70. The number of phenolic OH excluding ortho intramolecular Hbond substituents is 1. The first-order chi connectivity index (χ1) is 17.8. The average molecular weight is 540 g/mol. The molecular weight excluding hydrogens is 506 g/mol. The van der Waals surface area contributed by atoms with E-state index in [1.165, 1.54) is 12.1 Å². The Balaban J connectivity index is 1.56. The second-order valence-corrected chi connectivity index (χ2v) is 11.7. The Labute approximate surface area is 223 Å². The molecule has 0 fully saturated rings. The van der Waals surface area contributed by atoms with E-state index in [4.69, 9.17) is 19.9 Å². The zero-order valence-electron chi connectivity index (χ0n) is 21.9. The number of rotatable bonds is 10. The highest BCUT2D eigenvalue weighted by atomic mass is 32.2. The van der Waals surface area contributed by atoms with Crippen LogP contribution in [0.4, 0.5) is 0 Å². The van der Waals surface area contributed by atoms with Crippen LogP contribution in [0.2, 0.25) is 0 Å². The summed E-state index contributed by atoms with van der Waals surface area (Å²) < 4.78 is 41.4. The number of aromatic hydroxyl groups is 1. The van der Waals surface area contributed by atoms with Crippen molar-refractivity contribution in [1.82, 2.24) is 0 Å². The first-order valence-corrected chi connectivity index (χ1v) is 13.7. The van der Waals surface area contributed by atoms with Gasteiger partial charge in [0.2, 0.25) is 0 Å². The lowest BCUT2D eigenvalue weighted by atomic mass is 10.1. The minimum Gasteiger partial charge on any atom is -0.504 e. The molecule has 0 aromatic heterocycles. The van der Waals surface area contributed by atoms with Gasteiger partial charge in [-0.25, -0.2) is 8.42 Å². The van der Waals surface area contributed by atoms with Gasteiger partial charge < -0.3 is 25.1 Å². The molecule has 1 atom stereocenters. The Morgan fingerprint density at radius 2 is 1.63 bits per heavy atom. The maximum Gasteiger partial charge on any atom is 0.315 e. The molecule has 0 heterocycles. The fraction of sp³-hybridized carbons (Fsp3) is 0.276. The zero-order valence-corrected chi connectivity index (χ0v) is 22.7. The van der Waals surface area contributed by atoms with Gasteiger partial charge in [-0.3, -0.25) is 4.79 Å². The van der Waals surface area contributed by atoms with E-state index in [1.807, 2.05) is 20.8 Å². The first-order valence-electron chi connectivity index (χ1n) is 12.0. The van der Waals surface area contributed by atoms with Crippen LogP contribution < -0.4 is 19.9 Å². The first kappa shape index (κ1) is 28.7. The van der Waals surface area contributed by atoms with Crippen LogP contribution in [-0.2, 0) is 21.1 Å². The van der Waals surface area contributed by atoms with Crippen molar-refractivity contribution in [2.45, 2.75) is 38.8 Å². The van der Waals surface area contributed by atoms with E-state index in [0.717, 1.165) is 11.0 Å². The number of benzene rings is 3. The smallest absolute Gasteiger partial charge is 0.315 e. The maximum absolute atomic E-state index is 12.6. The monoisotopic (exact) mass is 539 g/mol. The fourth-order valence-corrected chi connectivity index (χ4v) is 4.67. The van der Waals surface area contributed by atoms with Gasteiger partial charge in [0.1, 0.15) is 17.1 Å². The molecule has 38 heavy (non-hydrogen) atoms. The number of carbonyl (C=O) groups excluding carboxylic acids is 1. The Kier molecular flexibility index (Phi) is 9.19. The molecule has 0 radical (unpaired) electrons. The molecule has 3 N–H and O–H groups in total. The summed E-state index contributed by atoms with van der Waals surface area (Å²) in [7, 11) is -2.09. The Hall–Kier alpha value is -3.82. The predicted molar refractivity (Wildman–Crippen MR) is 147 cm³/mol. The van der Waals surface area contributed by atoms with Crippen LogP contribution in [0.3, 0.4) is 0 Å². The second-order valence-electron chi connectivity index (χ2n) is 9.75. The van der Waals surface area contributed by atoms with E-state index in [-0.39, 0.29) is 17.9 Å². The molecule has 0 bridgehead atoms. The summed E-state index contributed by atoms with van der Waals surface area (Å²) in [4.78, 5) is 12.2. The molecule has 0 aliphatic rings. The normalized spacial score (nSPS) is 12.8. The second kappa shape index (κ2) is 12.1. The molecule has 0 saturated carbocycles. The highest BCUT2D eigenvalue weighted by molar-refractivity contribution is 7.94. The summed E-state index contributed by atoms with van der Waals surface area (Å²) in [5, 5.41) is 11.3. The van der Waals surface area contributed by atoms with Crippen molar-refractivity contribution >= 4 is 21.9 Å². The number of nitrogens with two attached hydrogens (primary N) is 1. The number of carbonyl (C=O) groups is 1. The van der Waals surface area contributed by atoms with E-state index in [0.29, 0.717) is 28.4 Å². The molecule has 202 valence electrons. The number of methoxy groups -OCH3 is 1. The molecule has 3 aromatic carbocycles. The minimum absolute atomic E-state index is 0.0824. The third-order valence-electron chi connectivity index (χ3n) is 5.33. The van der Waals surface area contributed by atoms with Gasteiger partial charge in [0.25, 0.3) is 0 Å². The maximum atomic E-state index is 12.6. The van der Waals surface area contributed by atoms with Gasteiger partial charge in [-0.2, -0.15) is 0 Å². The number of hydrogen-bond acceptors (Lipinski definition) is 8. The van der Waals surface area contributed by atoms with Crippen LogP contribution in [0.25, 0.3) is 6.08 Å². The molecule has 0 spiro atoms. The Morgan fingerprint density at radius 3 is 2.21 bits per heavy atom. The molecule has 0 aliphatic carbocycles. The minimum atomic E-state index is -3.66. The summed E-state index contributed by atoms with van der Waals surface area (Å²) in [6, 6.07) is 17.4. The number of sulfone groups is 1. The molecule has 3 aromatic rings. The summed E-state index contributed by atoms with van der Waals surface area (Å²) in [6.45, 7) is 5.58. The molecular formula is C29H33NO7S. The van der Waals surface area contributed by atoms with Crippen LogP contribution >= 0.6 is 0 Å². The van der Waals surface area contributed by atoms with Gasteiger partial charge in [0.15, 0.2) is 21.3 Å². The largest absolute Gasteiger partial charge is 0.504 e. The van der Waals surface area contributed by atoms with Gasteiger partial charge in [-0.1, -0.05) is 30.3 Å². The van der Waals surface area contributed by atoms with Crippen LogP contribution in [0.15, 0.2) is 72.1 Å². The van der Waals surface area contributed by atoms with Crippen LogP contribution in [0.5, 0.6) is 23.0 Å². The van der Waals surface area contributed by atoms with Crippen molar-refractivity contribution in [2.24, 2.45) is 5.73 Å². The lowest BCUT2D eigenvalue weighted by Gasteiger charge is -2.21. The summed E-state index contributed by atoms with van der Waals surface area (Å²) in [6.07, 6.45) is 1.49. The van der Waals surface area contributed by atoms with Gasteiger partial charge >= 0.3 is 5.97 Å². The standard InChI is InChI=1S/C29H33NO7S/c1-29(2,3)37-27-14-7-21(17-26(27)31)15-16-38(33,34)19-25(30)22-8-12-24(13-9-22)36-28(32)18-20-5-10-23(35-4)11-6-20/h5-17,25,31H,18-19,30H2,1-4H3/b16-15+. The van der Waals surface area contributed by atoms with Gasteiger partial charge in [-0.05, 0) is 79.9 Å². The van der Waals surface area contributed by atoms with Crippen molar-refractivity contribution in [3.63, 3.8) is 0 Å². The average Bonchev–Trinajstić information content (AvgIpc) is 2.84. The number of hydrogen-bond donors (Lipinski definition) is 2. The zero-order chi connectivity index (χ0) is 27.9. The lowest BCUT2D eigenvalue weighted by molar-refractivity contribution is -0.133. The van der Waals surface area contributed by atoms with Crippen LogP contribution in [-0.4, -0.2) is 38.0 Å². The van der Waals surface area contributed by atoms with Crippen LogP contribution in [0.1, 0.15) is 43.5 Å². The van der Waals surface area contributed by atoms with E-state index >= 15 is 0 Å². The molecule has 9 heteroatoms. The van der Waals surface area contributed by atoms with E-state index in [9.17, 15) is 18.3 Å². The number of esters is 1. The van der Waals surface area contributed by atoms with Gasteiger partial charge in [0, 0.05) is 11.4 Å². The SMILES string of the molecule is COc1ccc(CC(=O)Oc2ccc(C(N)CS(=O)(=O)/C=C/c3ccc(OC(C)(C)C)c(O)c3)cc2)cc1. The molecule has 8 nitrogen and oxygen atoms in total. The molecule has 0 aliphatic heterocycles. The molecule has 0 amide bonds. The Bertz CT molecular complexity index is 1370. The highest BCUT2D eigenvalue weighted by Crippen LogP contribution is 2.30. The van der Waals surface area contributed by atoms with Gasteiger partial charge in [-0.15, -0.1) is 0 Å². The van der Waals surface area contributed by atoms with Crippen molar-refractivity contribution in [2.75, 3.05) is 12.9 Å². The molecule has 1 unspecified atom stereocenters. The van der Waals surface area contributed by atoms with E-state index < -0.39 is 27.4 Å². The quantitative estimate of drug-likeness (QED) is 0.278. The summed E-state index contributed by atoms with van der Waals surface area (Å²) >= 11 is 0. The van der Waals surface area contributed by atoms with Crippen molar-refractivity contribution in [1.29, 1.82) is 0 Å². The summed E-state index contributed by atoms with van der Waals surface area (Å²) in [5.41, 5.74) is 7.53. The Morgan fingerprint density at radius 1 is 1.00 bits per heavy atom. The summed E-state index contributed by atoms with van der Waals surface area (Å²) in [5.74, 6) is 0.517. The topological polar surface area (TPSA) is 125 Å². The number of ether oxygens (including phenoxy) is 3. The third kappa shape index (κ3) is 8.93. The molecule has 3 rings (SSSR count). The lowest BCUT2D eigenvalue weighted by Crippen LogP contribution is -2.22. The fourth-order valence-electron chi connectivity index (χ4n) is 3.50. The van der Waals surface area contributed by atoms with Gasteiger partial charge in [0.05, 0.1) is 19.3 Å². The van der Waals surface area contributed by atoms with Crippen molar-refractivity contribution in [3.05, 3.63) is 88.8 Å². The van der Waals surface area contributed by atoms with E-state index in [2.05, 4.69) is 0 Å². The number of phenols is 1.